The molecule has 0 aromatic rings. The molecule has 0 unspecified atom stereocenters. The highest BCUT2D eigenvalue weighted by molar-refractivity contribution is 5.84. The van der Waals surface area contributed by atoms with E-state index in [-0.39, 0.29) is 36.0 Å². The van der Waals surface area contributed by atoms with Crippen molar-refractivity contribution < 1.29 is 19.1 Å². The molecule has 4 aliphatic rings. The van der Waals surface area contributed by atoms with Crippen molar-refractivity contribution in [2.24, 2.45) is 52.1 Å². The summed E-state index contributed by atoms with van der Waals surface area (Å²) in [6, 6.07) is 0. The molecule has 0 spiro atoms. The van der Waals surface area contributed by atoms with Crippen molar-refractivity contribution in [1.82, 2.24) is 15.5 Å². The van der Waals surface area contributed by atoms with E-state index in [1.165, 1.54) is 96.3 Å². The van der Waals surface area contributed by atoms with Crippen LogP contribution in [0.3, 0.4) is 0 Å². The summed E-state index contributed by atoms with van der Waals surface area (Å²) in [6.45, 7) is 17.2. The molecule has 0 aromatic heterocycles. The quantitative estimate of drug-likeness (QED) is 0.0513. The molecule has 4 N–H and O–H groups in total. The Hall–Kier alpha value is -2.09. The van der Waals surface area contributed by atoms with Gasteiger partial charge in [-0.3, -0.25) is 9.59 Å². The third-order valence-electron chi connectivity index (χ3n) is 16.3. The molecule has 346 valence electrons. The number of amides is 3. The number of alkyl carbamates (subject to hydrolysis) is 1. The Labute approximate surface area is 368 Å². The number of nitrogens with two attached hydrogens (primary N) is 1. The zero-order valence-electron chi connectivity index (χ0n) is 39.9. The Bertz CT molecular complexity index is 1300. The first-order valence-electron chi connectivity index (χ1n) is 25.8. The second kappa shape index (κ2) is 26.5. The fourth-order valence-electron chi connectivity index (χ4n) is 12.7. The lowest BCUT2D eigenvalue weighted by molar-refractivity contribution is -0.136. The molecule has 0 saturated heterocycles. The molecular weight excluding hydrogens is 745 g/mol. The molecule has 3 saturated carbocycles. The number of nitrogens with zero attached hydrogens (tertiary/aromatic N) is 1. The number of hydrogen-bond donors (Lipinski definition) is 3. The van der Waals surface area contributed by atoms with E-state index in [9.17, 15) is 14.4 Å². The number of hydrogen-bond acceptors (Lipinski definition) is 5. The van der Waals surface area contributed by atoms with Gasteiger partial charge in [0.15, 0.2) is 0 Å². The minimum atomic E-state index is -0.324. The highest BCUT2D eigenvalue weighted by Gasteiger charge is 2.59. The number of carbonyl (C=O) groups is 3. The van der Waals surface area contributed by atoms with Crippen LogP contribution in [-0.2, 0) is 14.3 Å². The van der Waals surface area contributed by atoms with Gasteiger partial charge in [0, 0.05) is 32.5 Å². The first-order valence-corrected chi connectivity index (χ1v) is 25.8. The second-order valence-electron chi connectivity index (χ2n) is 21.1. The second-order valence-corrected chi connectivity index (χ2v) is 21.1. The van der Waals surface area contributed by atoms with E-state index in [1.54, 1.807) is 10.5 Å². The number of rotatable bonds is 29. The van der Waals surface area contributed by atoms with Crippen LogP contribution in [0.1, 0.15) is 215 Å². The van der Waals surface area contributed by atoms with Crippen LogP contribution < -0.4 is 16.4 Å². The molecule has 8 heteroatoms. The van der Waals surface area contributed by atoms with E-state index >= 15 is 0 Å². The van der Waals surface area contributed by atoms with Gasteiger partial charge in [0.2, 0.25) is 11.8 Å². The number of nitrogens with one attached hydrogen (secondary N) is 2. The molecule has 3 fully saturated rings. The van der Waals surface area contributed by atoms with Crippen LogP contribution in [0.25, 0.3) is 0 Å². The van der Waals surface area contributed by atoms with Crippen molar-refractivity contribution in [3.05, 3.63) is 11.6 Å². The first-order chi connectivity index (χ1) is 28.9. The molecular formula is C52H94N4O4. The number of allylic oxidation sites excluding steroid dienone is 1. The molecule has 0 aliphatic heterocycles. The summed E-state index contributed by atoms with van der Waals surface area (Å²) < 4.78 is 6.06. The molecule has 8 nitrogen and oxygen atoms in total. The average molecular weight is 839 g/mol. The third-order valence-corrected chi connectivity index (χ3v) is 16.3. The SMILES string of the molecule is CCCCCCCCCCCC(=O)N(CCCCNC(=O)O[C@H]1CC[C@@]2(C)C(=CC[C@H]3[C@@H]4CC[C@H]([C@H](C)CCCC(C)C)[C@@]4(C)CC[C@@H]32)C1)CC(=O)NCCCCCCN. The van der Waals surface area contributed by atoms with Gasteiger partial charge in [-0.2, -0.15) is 0 Å². The Morgan fingerprint density at radius 3 is 2.20 bits per heavy atom. The highest BCUT2D eigenvalue weighted by Crippen LogP contribution is 2.67. The molecule has 4 aliphatic carbocycles. The predicted octanol–water partition coefficient (Wildman–Crippen LogP) is 12.3. The smallest absolute Gasteiger partial charge is 0.407 e. The van der Waals surface area contributed by atoms with Crippen LogP contribution in [0.4, 0.5) is 4.79 Å². The molecule has 0 heterocycles. The molecule has 0 aromatic carbocycles. The summed E-state index contributed by atoms with van der Waals surface area (Å²) in [5.41, 5.74) is 7.89. The van der Waals surface area contributed by atoms with Crippen molar-refractivity contribution in [1.29, 1.82) is 0 Å². The maximum absolute atomic E-state index is 13.3. The third kappa shape index (κ3) is 15.3. The van der Waals surface area contributed by atoms with E-state index < -0.39 is 0 Å². The average Bonchev–Trinajstić information content (AvgIpc) is 3.58. The van der Waals surface area contributed by atoms with E-state index in [4.69, 9.17) is 10.5 Å². The van der Waals surface area contributed by atoms with Gasteiger partial charge in [-0.15, -0.1) is 0 Å². The number of fused-ring (bicyclic) bond motifs is 5. The topological polar surface area (TPSA) is 114 Å². The number of unbranched alkanes of at least 4 members (excludes halogenated alkanes) is 12. The van der Waals surface area contributed by atoms with Crippen LogP contribution in [0, 0.1) is 46.3 Å². The molecule has 60 heavy (non-hydrogen) atoms. The zero-order chi connectivity index (χ0) is 43.4. The van der Waals surface area contributed by atoms with Gasteiger partial charge >= 0.3 is 6.09 Å². The fraction of sp³-hybridized carbons (Fsp3) is 0.904. The summed E-state index contributed by atoms with van der Waals surface area (Å²) in [7, 11) is 0. The molecule has 3 amide bonds. The standard InChI is InChI=1S/C52H94N4O4/c1-7-8-9-10-11-12-13-14-17-25-49(58)56(39-48(57)54-35-19-16-15-18-34-53)37-21-20-36-55-50(59)60-43-30-32-51(5)42(38-43)26-27-44-46-29-28-45(41(4)24-22-23-40(2)3)52(46,6)33-31-47(44)51/h26,40-41,43-47H,7-25,27-39,53H2,1-6H3,(H,54,57)(H,55,59)/t41-,43+,44+,45-,46+,47+,51+,52-/m1/s1. The number of carbonyl (C=O) groups excluding carboxylic acids is 3. The maximum Gasteiger partial charge on any atom is 0.407 e. The van der Waals surface area contributed by atoms with E-state index in [0.29, 0.717) is 38.0 Å². The molecule has 0 radical (unpaired) electrons. The van der Waals surface area contributed by atoms with Crippen molar-refractivity contribution in [2.45, 2.75) is 221 Å². The Morgan fingerprint density at radius 2 is 1.47 bits per heavy atom. The first kappa shape index (κ1) is 50.6. The summed E-state index contributed by atoms with van der Waals surface area (Å²) in [6.07, 6.45) is 32.9. The zero-order valence-corrected chi connectivity index (χ0v) is 39.9. The van der Waals surface area contributed by atoms with Crippen LogP contribution in [0.15, 0.2) is 11.6 Å². The largest absolute Gasteiger partial charge is 0.446 e. The monoisotopic (exact) mass is 839 g/mol. The lowest BCUT2D eigenvalue weighted by atomic mass is 9.47. The maximum atomic E-state index is 13.3. The van der Waals surface area contributed by atoms with E-state index in [2.05, 4.69) is 58.3 Å². The van der Waals surface area contributed by atoms with Crippen LogP contribution in [-0.4, -0.2) is 61.6 Å². The number of ether oxygens (including phenoxy) is 1. The minimum absolute atomic E-state index is 0.0628. The lowest BCUT2D eigenvalue weighted by Crippen LogP contribution is -2.51. The van der Waals surface area contributed by atoms with Crippen LogP contribution in [0.2, 0.25) is 0 Å². The summed E-state index contributed by atoms with van der Waals surface area (Å²) >= 11 is 0. The fourth-order valence-corrected chi connectivity index (χ4v) is 12.7. The Morgan fingerprint density at radius 1 is 0.783 bits per heavy atom. The van der Waals surface area contributed by atoms with Gasteiger partial charge in [-0.05, 0) is 130 Å². The lowest BCUT2D eigenvalue weighted by Gasteiger charge is -2.58. The Kier molecular flexibility index (Phi) is 22.3. The van der Waals surface area contributed by atoms with Gasteiger partial charge in [-0.1, -0.05) is 137 Å². The van der Waals surface area contributed by atoms with Crippen molar-refractivity contribution in [2.75, 3.05) is 32.7 Å². The summed E-state index contributed by atoms with van der Waals surface area (Å²) in [5.74, 6) is 4.91. The van der Waals surface area contributed by atoms with Crippen molar-refractivity contribution >= 4 is 17.9 Å². The molecule has 0 bridgehead atoms. The van der Waals surface area contributed by atoms with Crippen molar-refractivity contribution in [3.63, 3.8) is 0 Å². The van der Waals surface area contributed by atoms with Crippen LogP contribution in [0.5, 0.6) is 0 Å². The molecule has 4 rings (SSSR count). The molecule has 8 atom stereocenters. The summed E-state index contributed by atoms with van der Waals surface area (Å²) in [4.78, 5) is 40.9. The van der Waals surface area contributed by atoms with Gasteiger partial charge in [0.05, 0.1) is 6.54 Å². The predicted molar refractivity (Wildman–Crippen MR) is 250 cm³/mol. The van der Waals surface area contributed by atoms with Gasteiger partial charge < -0.3 is 26.0 Å². The van der Waals surface area contributed by atoms with Gasteiger partial charge in [-0.25, -0.2) is 4.79 Å². The van der Waals surface area contributed by atoms with E-state index in [0.717, 1.165) is 106 Å². The highest BCUT2D eigenvalue weighted by atomic mass is 16.6. The minimum Gasteiger partial charge on any atom is -0.446 e. The summed E-state index contributed by atoms with van der Waals surface area (Å²) in [5, 5.41) is 6.03. The van der Waals surface area contributed by atoms with E-state index in [1.807, 2.05) is 0 Å². The normalized spacial score (nSPS) is 27.7. The van der Waals surface area contributed by atoms with Crippen molar-refractivity contribution in [3.8, 4) is 0 Å². The van der Waals surface area contributed by atoms with Gasteiger partial charge in [0.25, 0.3) is 0 Å². The Balaban J connectivity index is 1.18. The van der Waals surface area contributed by atoms with Gasteiger partial charge in [0.1, 0.15) is 6.10 Å². The van der Waals surface area contributed by atoms with Crippen LogP contribution >= 0.6 is 0 Å².